The smallest absolute Gasteiger partial charge is 0.255 e. The first-order valence-electron chi connectivity index (χ1n) is 7.55. The van der Waals surface area contributed by atoms with Gasteiger partial charge in [-0.25, -0.2) is 4.68 Å². The van der Waals surface area contributed by atoms with Crippen LogP contribution in [-0.4, -0.2) is 44.9 Å². The molecule has 0 saturated heterocycles. The molecule has 6 heteroatoms. The number of rotatable bonds is 6. The number of carbonyl (C=O) groups excluding carboxylic acids is 1. The van der Waals surface area contributed by atoms with Crippen LogP contribution in [0.15, 0.2) is 30.3 Å². The van der Waals surface area contributed by atoms with Crippen LogP contribution in [0.25, 0.3) is 5.69 Å². The zero-order valence-corrected chi connectivity index (χ0v) is 14.7. The van der Waals surface area contributed by atoms with Gasteiger partial charge < -0.3 is 10.4 Å². The normalized spacial score (nSPS) is 13.6. The van der Waals surface area contributed by atoms with Crippen molar-refractivity contribution in [1.82, 2.24) is 15.1 Å². The van der Waals surface area contributed by atoms with Crippen LogP contribution in [0.3, 0.4) is 0 Å². The number of aliphatic hydroxyl groups is 1. The van der Waals surface area contributed by atoms with Crippen LogP contribution in [0.4, 0.5) is 0 Å². The number of carbonyl (C=O) groups is 1. The molecule has 0 fully saturated rings. The van der Waals surface area contributed by atoms with Crippen molar-refractivity contribution in [1.29, 1.82) is 0 Å². The van der Waals surface area contributed by atoms with Crippen molar-refractivity contribution < 1.29 is 9.90 Å². The molecule has 2 N–H and O–H groups in total. The molecule has 2 atom stereocenters. The van der Waals surface area contributed by atoms with E-state index in [0.717, 1.165) is 11.4 Å². The lowest BCUT2D eigenvalue weighted by Gasteiger charge is -2.21. The Labute approximate surface area is 141 Å². The Hall–Kier alpha value is -1.79. The van der Waals surface area contributed by atoms with Gasteiger partial charge in [0.15, 0.2) is 0 Å². The van der Waals surface area contributed by atoms with E-state index in [4.69, 9.17) is 0 Å². The number of hydrogen-bond acceptors (Lipinski definition) is 4. The van der Waals surface area contributed by atoms with E-state index in [-0.39, 0.29) is 23.8 Å². The maximum absolute atomic E-state index is 12.6. The zero-order chi connectivity index (χ0) is 17.0. The van der Waals surface area contributed by atoms with Gasteiger partial charge in [0, 0.05) is 11.3 Å². The number of nitrogens with one attached hydrogen (secondary N) is 1. The topological polar surface area (TPSA) is 67.2 Å². The van der Waals surface area contributed by atoms with E-state index in [2.05, 4.69) is 10.4 Å². The Bertz CT molecular complexity index is 666. The van der Waals surface area contributed by atoms with E-state index < -0.39 is 0 Å². The lowest BCUT2D eigenvalue weighted by Crippen LogP contribution is -2.41. The molecule has 1 heterocycles. The number of aliphatic hydroxyl groups excluding tert-OH is 1. The summed E-state index contributed by atoms with van der Waals surface area (Å²) in [7, 11) is 0. The van der Waals surface area contributed by atoms with E-state index in [0.29, 0.717) is 11.3 Å². The highest BCUT2D eigenvalue weighted by molar-refractivity contribution is 7.99. The molecule has 0 saturated carbocycles. The lowest BCUT2D eigenvalue weighted by molar-refractivity contribution is 0.0934. The number of nitrogens with zero attached hydrogens (tertiary/aromatic N) is 2. The molecule has 2 unspecified atom stereocenters. The third-order valence-electron chi connectivity index (χ3n) is 3.92. The minimum absolute atomic E-state index is 0.0243. The lowest BCUT2D eigenvalue weighted by atomic mass is 10.1. The van der Waals surface area contributed by atoms with Crippen molar-refractivity contribution in [3.63, 3.8) is 0 Å². The Morgan fingerprint density at radius 2 is 2.00 bits per heavy atom. The molecule has 0 aliphatic heterocycles. The SMILES string of the molecule is CSC(CO)C(C)NC(=O)c1c(C)nn(-c2ccccc2)c1C. The van der Waals surface area contributed by atoms with Gasteiger partial charge in [0.25, 0.3) is 5.91 Å². The first kappa shape index (κ1) is 17.6. The Balaban J connectivity index is 2.27. The van der Waals surface area contributed by atoms with Crippen molar-refractivity contribution in [2.75, 3.05) is 12.9 Å². The molecule has 0 bridgehead atoms. The maximum atomic E-state index is 12.6. The van der Waals surface area contributed by atoms with Crippen molar-refractivity contribution in [3.05, 3.63) is 47.3 Å². The fourth-order valence-corrected chi connectivity index (χ4v) is 3.23. The molecule has 0 aliphatic carbocycles. The molecule has 1 aromatic heterocycles. The number of para-hydroxylation sites is 1. The van der Waals surface area contributed by atoms with Crippen molar-refractivity contribution >= 4 is 17.7 Å². The van der Waals surface area contributed by atoms with Crippen molar-refractivity contribution in [2.45, 2.75) is 32.1 Å². The van der Waals surface area contributed by atoms with E-state index in [1.165, 1.54) is 0 Å². The Morgan fingerprint density at radius 3 is 2.57 bits per heavy atom. The molecular formula is C17H23N3O2S. The monoisotopic (exact) mass is 333 g/mol. The molecule has 23 heavy (non-hydrogen) atoms. The average molecular weight is 333 g/mol. The van der Waals surface area contributed by atoms with Gasteiger partial charge in [-0.15, -0.1) is 0 Å². The Morgan fingerprint density at radius 1 is 1.35 bits per heavy atom. The molecule has 1 aromatic carbocycles. The molecule has 124 valence electrons. The summed E-state index contributed by atoms with van der Waals surface area (Å²) < 4.78 is 1.78. The van der Waals surface area contributed by atoms with Crippen LogP contribution in [0.5, 0.6) is 0 Å². The predicted molar refractivity (Wildman–Crippen MR) is 94.4 cm³/mol. The second-order valence-corrected chi connectivity index (χ2v) is 6.59. The van der Waals surface area contributed by atoms with E-state index in [9.17, 15) is 9.90 Å². The van der Waals surface area contributed by atoms with Crippen LogP contribution in [0, 0.1) is 13.8 Å². The minimum Gasteiger partial charge on any atom is -0.395 e. The fourth-order valence-electron chi connectivity index (χ4n) is 2.60. The first-order chi connectivity index (χ1) is 11.0. The van der Waals surface area contributed by atoms with Crippen molar-refractivity contribution in [3.8, 4) is 5.69 Å². The van der Waals surface area contributed by atoms with E-state index in [1.807, 2.05) is 57.4 Å². The van der Waals surface area contributed by atoms with Crippen LogP contribution in [0.2, 0.25) is 0 Å². The van der Waals surface area contributed by atoms with Gasteiger partial charge in [-0.2, -0.15) is 16.9 Å². The first-order valence-corrected chi connectivity index (χ1v) is 8.84. The summed E-state index contributed by atoms with van der Waals surface area (Å²) in [5.74, 6) is -0.151. The average Bonchev–Trinajstić information content (AvgIpc) is 2.84. The second-order valence-electron chi connectivity index (χ2n) is 5.51. The fraction of sp³-hybridized carbons (Fsp3) is 0.412. The predicted octanol–water partition coefficient (Wildman–Crippen LogP) is 2.33. The molecular weight excluding hydrogens is 310 g/mol. The van der Waals surface area contributed by atoms with Gasteiger partial charge in [-0.05, 0) is 39.2 Å². The van der Waals surface area contributed by atoms with Crippen LogP contribution in [-0.2, 0) is 0 Å². The third kappa shape index (κ3) is 3.76. The summed E-state index contributed by atoms with van der Waals surface area (Å²) in [6, 6.07) is 9.62. The maximum Gasteiger partial charge on any atom is 0.255 e. The van der Waals surface area contributed by atoms with Crippen molar-refractivity contribution in [2.24, 2.45) is 0 Å². The van der Waals surface area contributed by atoms with Crippen LogP contribution < -0.4 is 5.32 Å². The molecule has 5 nitrogen and oxygen atoms in total. The summed E-state index contributed by atoms with van der Waals surface area (Å²) >= 11 is 1.54. The number of thioether (sulfide) groups is 1. The number of hydrogen-bond donors (Lipinski definition) is 2. The summed E-state index contributed by atoms with van der Waals surface area (Å²) in [5.41, 5.74) is 3.03. The minimum atomic E-state index is -0.151. The molecule has 2 aromatic rings. The quantitative estimate of drug-likeness (QED) is 0.851. The number of benzene rings is 1. The van der Waals surface area contributed by atoms with Gasteiger partial charge in [-0.3, -0.25) is 4.79 Å². The van der Waals surface area contributed by atoms with Crippen LogP contribution >= 0.6 is 11.8 Å². The second kappa shape index (κ2) is 7.66. The summed E-state index contributed by atoms with van der Waals surface area (Å²) in [6.07, 6.45) is 1.92. The van der Waals surface area contributed by atoms with Gasteiger partial charge in [0.1, 0.15) is 0 Å². The number of aryl methyl sites for hydroxylation is 1. The Kier molecular flexibility index (Phi) is 5.85. The summed E-state index contributed by atoms with van der Waals surface area (Å²) in [6.45, 7) is 5.67. The highest BCUT2D eigenvalue weighted by atomic mass is 32.2. The summed E-state index contributed by atoms with van der Waals surface area (Å²) in [5, 5.41) is 16.8. The number of amides is 1. The zero-order valence-electron chi connectivity index (χ0n) is 13.9. The van der Waals surface area contributed by atoms with Crippen LogP contribution in [0.1, 0.15) is 28.7 Å². The van der Waals surface area contributed by atoms with Gasteiger partial charge in [-0.1, -0.05) is 18.2 Å². The standard InChI is InChI=1S/C17H23N3O2S/c1-11(15(10-21)23-4)18-17(22)16-12(2)19-20(13(16)3)14-8-6-5-7-9-14/h5-9,11,15,21H,10H2,1-4H3,(H,18,22). The molecule has 1 amide bonds. The van der Waals surface area contributed by atoms with Gasteiger partial charge >= 0.3 is 0 Å². The van der Waals surface area contributed by atoms with Gasteiger partial charge in [0.2, 0.25) is 0 Å². The molecule has 0 aliphatic rings. The number of aromatic nitrogens is 2. The van der Waals surface area contributed by atoms with E-state index in [1.54, 1.807) is 16.4 Å². The summed E-state index contributed by atoms with van der Waals surface area (Å²) in [4.78, 5) is 12.6. The largest absolute Gasteiger partial charge is 0.395 e. The van der Waals surface area contributed by atoms with E-state index >= 15 is 0 Å². The molecule has 0 radical (unpaired) electrons. The molecule has 2 rings (SSSR count). The van der Waals surface area contributed by atoms with Gasteiger partial charge in [0.05, 0.1) is 29.2 Å². The third-order valence-corrected chi connectivity index (χ3v) is 5.08. The highest BCUT2D eigenvalue weighted by Crippen LogP contribution is 2.18. The molecule has 0 spiro atoms. The highest BCUT2D eigenvalue weighted by Gasteiger charge is 2.23.